The summed E-state index contributed by atoms with van der Waals surface area (Å²) in [4.78, 5) is 12.8. The van der Waals surface area contributed by atoms with E-state index in [0.29, 0.717) is 0 Å². The second-order valence-corrected chi connectivity index (χ2v) is 2.15. The largest absolute Gasteiger partial charge is 0.491 e. The summed E-state index contributed by atoms with van der Waals surface area (Å²) in [7, 11) is 1.14. The van der Waals surface area contributed by atoms with Crippen LogP contribution in [0.5, 0.6) is 5.75 Å². The maximum absolute atomic E-state index is 12.9. The minimum Gasteiger partial charge on any atom is -0.491 e. The highest BCUT2D eigenvalue weighted by atomic mass is 19.1. The van der Waals surface area contributed by atoms with Crippen LogP contribution in [0.25, 0.3) is 0 Å². The second-order valence-electron chi connectivity index (χ2n) is 2.15. The second kappa shape index (κ2) is 3.78. The zero-order chi connectivity index (χ0) is 9.84. The maximum atomic E-state index is 12.9. The van der Waals surface area contributed by atoms with Gasteiger partial charge in [-0.25, -0.2) is 13.6 Å². The van der Waals surface area contributed by atoms with Crippen LogP contribution in [0.4, 0.5) is 14.5 Å². The number of ether oxygens (including phenoxy) is 1. The molecule has 1 aromatic rings. The lowest BCUT2D eigenvalue weighted by Gasteiger charge is -2.02. The molecule has 0 aliphatic rings. The zero-order valence-electron chi connectivity index (χ0n) is 6.67. The van der Waals surface area contributed by atoms with Crippen LogP contribution in [0.2, 0.25) is 0 Å². The Morgan fingerprint density at radius 1 is 1.38 bits per heavy atom. The third-order valence-electron chi connectivity index (χ3n) is 1.36. The predicted molar refractivity (Wildman–Crippen MR) is 40.7 cm³/mol. The quantitative estimate of drug-likeness (QED) is 0.521. The number of rotatable bonds is 2. The molecular weight excluding hydrogens is 180 g/mol. The molecule has 0 aliphatic heterocycles. The van der Waals surface area contributed by atoms with E-state index < -0.39 is 17.4 Å². The van der Waals surface area contributed by atoms with E-state index in [1.54, 1.807) is 0 Å². The van der Waals surface area contributed by atoms with E-state index in [1.807, 2.05) is 0 Å². The van der Waals surface area contributed by atoms with Gasteiger partial charge in [-0.05, 0) is 0 Å². The van der Waals surface area contributed by atoms with Crippen LogP contribution >= 0.6 is 0 Å². The number of isocyanates is 1. The van der Waals surface area contributed by atoms with Gasteiger partial charge < -0.3 is 4.74 Å². The molecule has 0 unspecified atom stereocenters. The summed E-state index contributed by atoms with van der Waals surface area (Å²) in [6, 6.07) is 1.76. The van der Waals surface area contributed by atoms with E-state index in [4.69, 9.17) is 0 Å². The first-order valence-corrected chi connectivity index (χ1v) is 3.30. The Morgan fingerprint density at radius 2 is 1.92 bits per heavy atom. The number of nitrogens with zero attached hydrogens (tertiary/aromatic N) is 1. The molecule has 0 fully saturated rings. The van der Waals surface area contributed by atoms with Crippen LogP contribution in [0.3, 0.4) is 0 Å². The Labute approximate surface area is 72.7 Å². The number of benzene rings is 1. The highest BCUT2D eigenvalue weighted by Crippen LogP contribution is 2.26. The maximum Gasteiger partial charge on any atom is 0.240 e. The Kier molecular flexibility index (Phi) is 2.72. The smallest absolute Gasteiger partial charge is 0.240 e. The fraction of sp³-hybridized carbons (Fsp3) is 0.125. The Bertz CT molecular complexity index is 349. The van der Waals surface area contributed by atoms with E-state index in [0.717, 1.165) is 19.2 Å². The van der Waals surface area contributed by atoms with Gasteiger partial charge in [-0.3, -0.25) is 0 Å². The normalized spacial score (nSPS) is 9.15. The molecule has 1 rings (SSSR count). The molecule has 0 spiro atoms. The Morgan fingerprint density at radius 3 is 2.31 bits per heavy atom. The average Bonchev–Trinajstić information content (AvgIpc) is 2.04. The van der Waals surface area contributed by atoms with Gasteiger partial charge in [0.15, 0.2) is 17.4 Å². The number of aliphatic imine (C=N–C) groups is 1. The molecule has 5 heteroatoms. The van der Waals surface area contributed by atoms with Gasteiger partial charge in [0, 0.05) is 12.1 Å². The number of hydrogen-bond donors (Lipinski definition) is 0. The molecule has 0 atom stereocenters. The number of halogens is 2. The topological polar surface area (TPSA) is 38.7 Å². The summed E-state index contributed by atoms with van der Waals surface area (Å²) in [6.45, 7) is 0. The van der Waals surface area contributed by atoms with Crippen LogP contribution in [0, 0.1) is 11.6 Å². The van der Waals surface area contributed by atoms with Crippen LogP contribution < -0.4 is 4.74 Å². The Hall–Kier alpha value is -1.74. The van der Waals surface area contributed by atoms with Gasteiger partial charge in [-0.2, -0.15) is 4.99 Å². The van der Waals surface area contributed by atoms with Crippen molar-refractivity contribution in [3.05, 3.63) is 23.8 Å². The first-order valence-electron chi connectivity index (χ1n) is 3.30. The molecule has 0 aromatic heterocycles. The Balaban J connectivity index is 3.27. The van der Waals surface area contributed by atoms with Gasteiger partial charge in [-0.1, -0.05) is 0 Å². The average molecular weight is 185 g/mol. The molecule has 1 aromatic carbocycles. The lowest BCUT2D eigenvalue weighted by molar-refractivity contribution is 0.360. The summed E-state index contributed by atoms with van der Waals surface area (Å²) in [6.07, 6.45) is 1.18. The molecule has 0 amide bonds. The van der Waals surface area contributed by atoms with Crippen LogP contribution in [0.15, 0.2) is 17.1 Å². The number of carbonyl (C=O) groups excluding carboxylic acids is 1. The SMILES string of the molecule is COc1c(F)cc(N=C=O)cc1F. The van der Waals surface area contributed by atoms with Crippen molar-refractivity contribution >= 4 is 11.8 Å². The van der Waals surface area contributed by atoms with Gasteiger partial charge in [0.05, 0.1) is 12.8 Å². The standard InChI is InChI=1S/C8H5F2NO2/c1-13-8-6(9)2-5(11-4-12)3-7(8)10/h2-3H,1H3. The van der Waals surface area contributed by atoms with Crippen molar-refractivity contribution < 1.29 is 18.3 Å². The highest BCUT2D eigenvalue weighted by molar-refractivity contribution is 5.51. The monoisotopic (exact) mass is 185 g/mol. The summed E-state index contributed by atoms with van der Waals surface area (Å²) in [5, 5.41) is 0. The molecule has 0 bridgehead atoms. The van der Waals surface area contributed by atoms with Crippen molar-refractivity contribution in [2.75, 3.05) is 7.11 Å². The summed E-state index contributed by atoms with van der Waals surface area (Å²) in [5.74, 6) is -2.31. The van der Waals surface area contributed by atoms with Crippen LogP contribution in [-0.4, -0.2) is 13.2 Å². The predicted octanol–water partition coefficient (Wildman–Crippen LogP) is 1.94. The van der Waals surface area contributed by atoms with E-state index >= 15 is 0 Å². The minimum absolute atomic E-state index is 0.134. The molecule has 0 heterocycles. The molecule has 0 saturated carbocycles. The van der Waals surface area contributed by atoms with Crippen molar-refractivity contribution in [2.45, 2.75) is 0 Å². The summed E-state index contributed by atoms with van der Waals surface area (Å²) in [5.41, 5.74) is -0.134. The molecule has 0 saturated heterocycles. The van der Waals surface area contributed by atoms with E-state index in [1.165, 1.54) is 6.08 Å². The molecular formula is C8H5F2NO2. The number of hydrogen-bond acceptors (Lipinski definition) is 3. The first-order chi connectivity index (χ1) is 6.19. The molecule has 0 radical (unpaired) electrons. The van der Waals surface area contributed by atoms with E-state index in [2.05, 4.69) is 9.73 Å². The van der Waals surface area contributed by atoms with Gasteiger partial charge in [0.2, 0.25) is 6.08 Å². The first kappa shape index (κ1) is 9.35. The van der Waals surface area contributed by atoms with Crippen LogP contribution in [0.1, 0.15) is 0 Å². The lowest BCUT2D eigenvalue weighted by Crippen LogP contribution is -1.91. The van der Waals surface area contributed by atoms with Gasteiger partial charge in [0.1, 0.15) is 0 Å². The third kappa shape index (κ3) is 1.89. The van der Waals surface area contributed by atoms with Crippen molar-refractivity contribution in [3.8, 4) is 5.75 Å². The van der Waals surface area contributed by atoms with E-state index in [-0.39, 0.29) is 5.69 Å². The molecule has 0 N–H and O–H groups in total. The molecule has 0 aliphatic carbocycles. The van der Waals surface area contributed by atoms with E-state index in [9.17, 15) is 13.6 Å². The fourth-order valence-corrected chi connectivity index (χ4v) is 0.859. The van der Waals surface area contributed by atoms with Crippen molar-refractivity contribution in [2.24, 2.45) is 4.99 Å². The van der Waals surface area contributed by atoms with Crippen molar-refractivity contribution in [1.82, 2.24) is 0 Å². The summed E-state index contributed by atoms with van der Waals surface area (Å²) < 4.78 is 30.2. The van der Waals surface area contributed by atoms with Crippen molar-refractivity contribution in [3.63, 3.8) is 0 Å². The third-order valence-corrected chi connectivity index (χ3v) is 1.36. The molecule has 13 heavy (non-hydrogen) atoms. The fourth-order valence-electron chi connectivity index (χ4n) is 0.859. The summed E-state index contributed by atoms with van der Waals surface area (Å²) >= 11 is 0. The zero-order valence-corrected chi connectivity index (χ0v) is 6.67. The van der Waals surface area contributed by atoms with Gasteiger partial charge in [-0.15, -0.1) is 0 Å². The highest BCUT2D eigenvalue weighted by Gasteiger charge is 2.10. The van der Waals surface area contributed by atoms with Crippen molar-refractivity contribution in [1.29, 1.82) is 0 Å². The molecule has 3 nitrogen and oxygen atoms in total. The minimum atomic E-state index is -0.906. The van der Waals surface area contributed by atoms with Gasteiger partial charge >= 0.3 is 0 Å². The number of methoxy groups -OCH3 is 1. The van der Waals surface area contributed by atoms with Crippen LogP contribution in [-0.2, 0) is 4.79 Å². The lowest BCUT2D eigenvalue weighted by atomic mass is 10.3. The molecule has 68 valence electrons. The van der Waals surface area contributed by atoms with Gasteiger partial charge in [0.25, 0.3) is 0 Å².